The number of anilines is 2. The molecule has 0 radical (unpaired) electrons. The molecule has 0 spiro atoms. The number of hydrogen-bond acceptors (Lipinski definition) is 3. The van der Waals surface area contributed by atoms with Crippen LogP contribution in [0.2, 0.25) is 10.0 Å². The summed E-state index contributed by atoms with van der Waals surface area (Å²) in [4.78, 5) is 0. The molecule has 0 bridgehead atoms. The third-order valence-corrected chi connectivity index (χ3v) is 3.48. The lowest BCUT2D eigenvalue weighted by atomic mass is 10.3. The van der Waals surface area contributed by atoms with E-state index in [2.05, 4.69) is 10.6 Å². The summed E-state index contributed by atoms with van der Waals surface area (Å²) in [7, 11) is 0. The first-order chi connectivity index (χ1) is 10.6. The van der Waals surface area contributed by atoms with E-state index >= 15 is 0 Å². The highest BCUT2D eigenvalue weighted by Crippen LogP contribution is 2.26. The molecule has 2 aromatic carbocycles. The first-order valence-corrected chi connectivity index (χ1v) is 8.00. The Morgan fingerprint density at radius 2 is 1.64 bits per heavy atom. The second kappa shape index (κ2) is 8.16. The molecule has 0 amide bonds. The summed E-state index contributed by atoms with van der Waals surface area (Å²) in [5, 5.41) is 7.89. The van der Waals surface area contributed by atoms with Gasteiger partial charge in [0, 0.05) is 18.1 Å². The van der Waals surface area contributed by atoms with Gasteiger partial charge in [-0.3, -0.25) is 0 Å². The zero-order valence-corrected chi connectivity index (χ0v) is 14.2. The van der Waals surface area contributed by atoms with Gasteiger partial charge >= 0.3 is 0 Å². The van der Waals surface area contributed by atoms with Gasteiger partial charge < -0.3 is 15.4 Å². The lowest BCUT2D eigenvalue weighted by molar-refractivity contribution is 0.243. The van der Waals surface area contributed by atoms with Crippen LogP contribution in [-0.4, -0.2) is 19.2 Å². The van der Waals surface area contributed by atoms with Crippen molar-refractivity contribution in [2.45, 2.75) is 20.0 Å². The number of halogens is 2. The van der Waals surface area contributed by atoms with Crippen molar-refractivity contribution in [2.75, 3.05) is 23.7 Å². The maximum Gasteiger partial charge on any atom is 0.142 e. The van der Waals surface area contributed by atoms with E-state index < -0.39 is 0 Å². The highest BCUT2D eigenvalue weighted by molar-refractivity contribution is 6.36. The molecular formula is C17H20Cl2N2O. The zero-order chi connectivity index (χ0) is 15.9. The predicted octanol–water partition coefficient (Wildman–Crippen LogP) is 5.30. The van der Waals surface area contributed by atoms with Gasteiger partial charge in [-0.25, -0.2) is 0 Å². The summed E-state index contributed by atoms with van der Waals surface area (Å²) >= 11 is 12.0. The number of rotatable bonds is 7. The van der Waals surface area contributed by atoms with Gasteiger partial charge in [0.2, 0.25) is 0 Å². The van der Waals surface area contributed by atoms with Crippen LogP contribution in [0.3, 0.4) is 0 Å². The molecule has 118 valence electrons. The third-order valence-electron chi connectivity index (χ3n) is 2.94. The summed E-state index contributed by atoms with van der Waals surface area (Å²) in [5.41, 5.74) is 1.86. The second-order valence-electron chi connectivity index (χ2n) is 5.14. The van der Waals surface area contributed by atoms with Crippen LogP contribution in [-0.2, 0) is 0 Å². The van der Waals surface area contributed by atoms with Crippen molar-refractivity contribution in [2.24, 2.45) is 0 Å². The molecule has 0 fully saturated rings. The molecule has 5 heteroatoms. The molecule has 2 rings (SSSR count). The van der Waals surface area contributed by atoms with E-state index in [9.17, 15) is 0 Å². The number of benzene rings is 2. The van der Waals surface area contributed by atoms with Crippen molar-refractivity contribution < 1.29 is 4.74 Å². The predicted molar refractivity (Wildman–Crippen MR) is 95.6 cm³/mol. The maximum absolute atomic E-state index is 6.12. The van der Waals surface area contributed by atoms with Gasteiger partial charge in [0.15, 0.2) is 0 Å². The third kappa shape index (κ3) is 5.00. The van der Waals surface area contributed by atoms with E-state index in [1.807, 2.05) is 50.2 Å². The van der Waals surface area contributed by atoms with Gasteiger partial charge in [-0.15, -0.1) is 0 Å². The fourth-order valence-corrected chi connectivity index (χ4v) is 2.47. The van der Waals surface area contributed by atoms with E-state index in [0.717, 1.165) is 30.2 Å². The molecule has 2 N–H and O–H groups in total. The molecule has 3 nitrogen and oxygen atoms in total. The minimum absolute atomic E-state index is 0.147. The monoisotopic (exact) mass is 338 g/mol. The SMILES string of the molecule is CC(C)Oc1ccccc1NCCNc1ccc(Cl)cc1Cl. The summed E-state index contributed by atoms with van der Waals surface area (Å²) in [6.45, 7) is 5.51. The molecule has 0 atom stereocenters. The molecular weight excluding hydrogens is 319 g/mol. The average molecular weight is 339 g/mol. The topological polar surface area (TPSA) is 33.3 Å². The van der Waals surface area contributed by atoms with Crippen molar-refractivity contribution in [3.05, 3.63) is 52.5 Å². The van der Waals surface area contributed by atoms with Crippen LogP contribution >= 0.6 is 23.2 Å². The molecule has 0 heterocycles. The van der Waals surface area contributed by atoms with Gasteiger partial charge in [-0.2, -0.15) is 0 Å². The quantitative estimate of drug-likeness (QED) is 0.671. The van der Waals surface area contributed by atoms with Gasteiger partial charge in [-0.05, 0) is 44.2 Å². The van der Waals surface area contributed by atoms with Crippen molar-refractivity contribution in [3.8, 4) is 5.75 Å². The van der Waals surface area contributed by atoms with E-state index in [1.54, 1.807) is 6.07 Å². The van der Waals surface area contributed by atoms with Gasteiger partial charge in [0.05, 0.1) is 22.5 Å². The van der Waals surface area contributed by atoms with Crippen LogP contribution in [0.4, 0.5) is 11.4 Å². The number of para-hydroxylation sites is 2. The summed E-state index contributed by atoms with van der Waals surface area (Å²) < 4.78 is 5.77. The first kappa shape index (κ1) is 16.8. The Kier molecular flexibility index (Phi) is 6.22. The standard InChI is InChI=1S/C17H20Cl2N2O/c1-12(2)22-17-6-4-3-5-16(17)21-10-9-20-15-8-7-13(18)11-14(15)19/h3-8,11-12,20-21H,9-10H2,1-2H3. The summed E-state index contributed by atoms with van der Waals surface area (Å²) in [6, 6.07) is 13.3. The minimum Gasteiger partial charge on any atom is -0.489 e. The fourth-order valence-electron chi connectivity index (χ4n) is 2.00. The Morgan fingerprint density at radius 1 is 0.955 bits per heavy atom. The molecule has 0 aliphatic carbocycles. The summed E-state index contributed by atoms with van der Waals surface area (Å²) in [5.74, 6) is 0.863. The highest BCUT2D eigenvalue weighted by Gasteiger charge is 2.04. The Labute approximate surface area is 141 Å². The highest BCUT2D eigenvalue weighted by atomic mass is 35.5. The lowest BCUT2D eigenvalue weighted by Gasteiger charge is -2.16. The average Bonchev–Trinajstić information content (AvgIpc) is 2.46. The largest absolute Gasteiger partial charge is 0.489 e. The van der Waals surface area contributed by atoms with Crippen molar-refractivity contribution in [1.82, 2.24) is 0 Å². The Hall–Kier alpha value is -1.58. The Bertz CT molecular complexity index is 617. The lowest BCUT2D eigenvalue weighted by Crippen LogP contribution is -2.15. The van der Waals surface area contributed by atoms with Crippen LogP contribution in [0.15, 0.2) is 42.5 Å². The first-order valence-electron chi connectivity index (χ1n) is 7.24. The smallest absolute Gasteiger partial charge is 0.142 e. The Balaban J connectivity index is 1.86. The van der Waals surface area contributed by atoms with Crippen molar-refractivity contribution in [1.29, 1.82) is 0 Å². The van der Waals surface area contributed by atoms with Gasteiger partial charge in [-0.1, -0.05) is 35.3 Å². The fraction of sp³-hybridized carbons (Fsp3) is 0.294. The molecule has 22 heavy (non-hydrogen) atoms. The molecule has 0 aliphatic rings. The van der Waals surface area contributed by atoms with Crippen LogP contribution in [0.5, 0.6) is 5.75 Å². The molecule has 0 aliphatic heterocycles. The number of hydrogen-bond donors (Lipinski definition) is 2. The van der Waals surface area contributed by atoms with Crippen LogP contribution in [0.25, 0.3) is 0 Å². The molecule has 0 aromatic heterocycles. The molecule has 0 saturated carbocycles. The molecule has 0 saturated heterocycles. The normalized spacial score (nSPS) is 10.6. The van der Waals surface area contributed by atoms with Crippen LogP contribution < -0.4 is 15.4 Å². The molecule has 2 aromatic rings. The number of ether oxygens (including phenoxy) is 1. The van der Waals surface area contributed by atoms with Crippen molar-refractivity contribution >= 4 is 34.6 Å². The van der Waals surface area contributed by atoms with Crippen LogP contribution in [0, 0.1) is 0 Å². The second-order valence-corrected chi connectivity index (χ2v) is 5.98. The van der Waals surface area contributed by atoms with E-state index in [1.165, 1.54) is 0 Å². The van der Waals surface area contributed by atoms with Gasteiger partial charge in [0.25, 0.3) is 0 Å². The van der Waals surface area contributed by atoms with Crippen molar-refractivity contribution in [3.63, 3.8) is 0 Å². The van der Waals surface area contributed by atoms with Gasteiger partial charge in [0.1, 0.15) is 5.75 Å². The summed E-state index contributed by atoms with van der Waals surface area (Å²) in [6.07, 6.45) is 0.147. The Morgan fingerprint density at radius 3 is 2.32 bits per heavy atom. The van der Waals surface area contributed by atoms with Crippen LogP contribution in [0.1, 0.15) is 13.8 Å². The minimum atomic E-state index is 0.147. The van der Waals surface area contributed by atoms with E-state index in [0.29, 0.717) is 10.0 Å². The molecule has 0 unspecified atom stereocenters. The van der Waals surface area contributed by atoms with E-state index in [4.69, 9.17) is 27.9 Å². The maximum atomic E-state index is 6.12. The van der Waals surface area contributed by atoms with E-state index in [-0.39, 0.29) is 6.10 Å². The zero-order valence-electron chi connectivity index (χ0n) is 12.7. The number of nitrogens with one attached hydrogen (secondary N) is 2.